The molecule has 0 radical (unpaired) electrons. The van der Waals surface area contributed by atoms with Crippen LogP contribution in [0.15, 0.2) is 5.16 Å². The number of nitrogens with two attached hydrogens (primary N) is 1. The summed E-state index contributed by atoms with van der Waals surface area (Å²) >= 11 is 0. The lowest BCUT2D eigenvalue weighted by molar-refractivity contribution is 0.199. The molecule has 1 rings (SSSR count). The van der Waals surface area contributed by atoms with E-state index in [4.69, 9.17) is 10.9 Å². The second kappa shape index (κ2) is 6.70. The Morgan fingerprint density at radius 3 is 2.88 bits per heavy atom. The van der Waals surface area contributed by atoms with Crippen LogP contribution < -0.4 is 11.1 Å². The number of oxime groups is 1. The lowest BCUT2D eigenvalue weighted by Gasteiger charge is -2.25. The maximum Gasteiger partial charge on any atom is 0.140 e. The summed E-state index contributed by atoms with van der Waals surface area (Å²) in [6, 6.07) is 0.606. The van der Waals surface area contributed by atoms with Gasteiger partial charge in [0.15, 0.2) is 0 Å². The van der Waals surface area contributed by atoms with Crippen molar-refractivity contribution in [3.63, 3.8) is 0 Å². The summed E-state index contributed by atoms with van der Waals surface area (Å²) in [4.78, 5) is 0. The number of nitrogens with zero attached hydrogens (tertiary/aromatic N) is 1. The number of amidine groups is 1. The van der Waals surface area contributed by atoms with Gasteiger partial charge in [-0.05, 0) is 25.2 Å². The van der Waals surface area contributed by atoms with E-state index in [0.717, 1.165) is 19.3 Å². The van der Waals surface area contributed by atoms with Crippen LogP contribution in [-0.2, 0) is 0 Å². The van der Waals surface area contributed by atoms with E-state index in [1.165, 1.54) is 6.42 Å². The first-order chi connectivity index (χ1) is 7.71. The highest BCUT2D eigenvalue weighted by molar-refractivity contribution is 5.80. The van der Waals surface area contributed by atoms with Crippen LogP contribution in [0, 0.1) is 5.92 Å². The molecule has 3 atom stereocenters. The summed E-state index contributed by atoms with van der Waals surface area (Å²) in [5, 5.41) is 24.3. The molecule has 0 spiro atoms. The van der Waals surface area contributed by atoms with Crippen molar-refractivity contribution < 1.29 is 10.3 Å². The van der Waals surface area contributed by atoms with E-state index >= 15 is 0 Å². The van der Waals surface area contributed by atoms with Gasteiger partial charge in [-0.2, -0.15) is 0 Å². The number of nitrogens with one attached hydrogen (secondary N) is 1. The number of hydrogen-bond donors (Lipinski definition) is 4. The molecule has 1 aliphatic rings. The van der Waals surface area contributed by atoms with E-state index < -0.39 is 0 Å². The molecular formula is C11H23N3O2. The van der Waals surface area contributed by atoms with E-state index in [1.54, 1.807) is 0 Å². The number of hydrogen-bond acceptors (Lipinski definition) is 4. The molecule has 1 aliphatic carbocycles. The van der Waals surface area contributed by atoms with E-state index in [9.17, 15) is 5.11 Å². The number of aliphatic hydroxyl groups excluding tert-OH is 1. The summed E-state index contributed by atoms with van der Waals surface area (Å²) in [7, 11) is 0. The predicted molar refractivity (Wildman–Crippen MR) is 63.5 cm³/mol. The normalized spacial score (nSPS) is 28.2. The Kier molecular flexibility index (Phi) is 5.55. The minimum Gasteiger partial charge on any atom is -0.409 e. The number of aliphatic hydroxyl groups is 1. The van der Waals surface area contributed by atoms with Gasteiger partial charge in [0.2, 0.25) is 0 Å². The monoisotopic (exact) mass is 229 g/mol. The largest absolute Gasteiger partial charge is 0.409 e. The van der Waals surface area contributed by atoms with Crippen molar-refractivity contribution in [2.45, 2.75) is 51.1 Å². The van der Waals surface area contributed by atoms with Crippen LogP contribution in [-0.4, -0.2) is 34.8 Å². The third kappa shape index (κ3) is 3.64. The second-order valence-electron chi connectivity index (χ2n) is 4.55. The Morgan fingerprint density at radius 2 is 2.31 bits per heavy atom. The smallest absolute Gasteiger partial charge is 0.140 e. The molecule has 0 amide bonds. The van der Waals surface area contributed by atoms with Crippen LogP contribution in [0.25, 0.3) is 0 Å². The first kappa shape index (κ1) is 13.3. The van der Waals surface area contributed by atoms with Gasteiger partial charge in [0.25, 0.3) is 0 Å². The summed E-state index contributed by atoms with van der Waals surface area (Å²) in [6.45, 7) is 2.32. The summed E-state index contributed by atoms with van der Waals surface area (Å²) in [5.74, 6) is 0.624. The van der Waals surface area contributed by atoms with E-state index in [2.05, 4.69) is 17.4 Å². The maximum absolute atomic E-state index is 9.22. The molecule has 0 bridgehead atoms. The fraction of sp³-hybridized carbons (Fsp3) is 0.909. The van der Waals surface area contributed by atoms with Gasteiger partial charge in [0.05, 0.1) is 0 Å². The van der Waals surface area contributed by atoms with Crippen molar-refractivity contribution in [1.82, 2.24) is 5.32 Å². The van der Waals surface area contributed by atoms with Crippen molar-refractivity contribution in [3.8, 4) is 0 Å². The van der Waals surface area contributed by atoms with Gasteiger partial charge in [0.1, 0.15) is 5.84 Å². The zero-order valence-corrected chi connectivity index (χ0v) is 9.89. The predicted octanol–water partition coefficient (Wildman–Crippen LogP) is 0.652. The van der Waals surface area contributed by atoms with Crippen LogP contribution in [0.1, 0.15) is 39.0 Å². The van der Waals surface area contributed by atoms with E-state index in [-0.39, 0.29) is 18.5 Å². The molecule has 94 valence electrons. The average Bonchev–Trinajstić information content (AvgIpc) is 2.75. The van der Waals surface area contributed by atoms with Gasteiger partial charge >= 0.3 is 0 Å². The lowest BCUT2D eigenvalue weighted by atomic mass is 10.0. The summed E-state index contributed by atoms with van der Waals surface area (Å²) in [5.41, 5.74) is 5.50. The topological polar surface area (TPSA) is 90.9 Å². The van der Waals surface area contributed by atoms with Crippen LogP contribution in [0.2, 0.25) is 0 Å². The Labute approximate surface area is 96.7 Å². The molecule has 5 nitrogen and oxygen atoms in total. The maximum atomic E-state index is 9.22. The van der Waals surface area contributed by atoms with Crippen LogP contribution >= 0.6 is 0 Å². The van der Waals surface area contributed by atoms with Crippen molar-refractivity contribution in [2.75, 3.05) is 6.61 Å². The molecule has 0 aliphatic heterocycles. The van der Waals surface area contributed by atoms with Crippen molar-refractivity contribution in [3.05, 3.63) is 0 Å². The SMILES string of the molecule is CCC(CC(N)=NO)NC1CCCC1CO. The lowest BCUT2D eigenvalue weighted by Crippen LogP contribution is -2.43. The number of rotatable bonds is 6. The Hall–Kier alpha value is -0.810. The summed E-state index contributed by atoms with van der Waals surface area (Å²) < 4.78 is 0. The molecule has 0 heterocycles. The average molecular weight is 229 g/mol. The van der Waals surface area contributed by atoms with E-state index in [1.807, 2.05) is 0 Å². The molecule has 0 aromatic heterocycles. The van der Waals surface area contributed by atoms with Gasteiger partial charge in [0, 0.05) is 25.1 Å². The fourth-order valence-corrected chi connectivity index (χ4v) is 2.39. The molecule has 5 N–H and O–H groups in total. The zero-order chi connectivity index (χ0) is 12.0. The first-order valence-electron chi connectivity index (χ1n) is 6.04. The van der Waals surface area contributed by atoms with Crippen LogP contribution in [0.4, 0.5) is 0 Å². The van der Waals surface area contributed by atoms with Gasteiger partial charge in [-0.15, -0.1) is 0 Å². The van der Waals surface area contributed by atoms with Crippen molar-refractivity contribution >= 4 is 5.84 Å². The Morgan fingerprint density at radius 1 is 1.56 bits per heavy atom. The van der Waals surface area contributed by atoms with Crippen LogP contribution in [0.5, 0.6) is 0 Å². The molecule has 1 saturated carbocycles. The van der Waals surface area contributed by atoms with Gasteiger partial charge < -0.3 is 21.4 Å². The molecule has 1 fully saturated rings. The molecule has 0 aromatic rings. The van der Waals surface area contributed by atoms with Crippen molar-refractivity contribution in [1.29, 1.82) is 0 Å². The van der Waals surface area contributed by atoms with Gasteiger partial charge in [-0.3, -0.25) is 0 Å². The van der Waals surface area contributed by atoms with Gasteiger partial charge in [-0.1, -0.05) is 18.5 Å². The third-order valence-electron chi connectivity index (χ3n) is 3.42. The highest BCUT2D eigenvalue weighted by atomic mass is 16.4. The molecule has 16 heavy (non-hydrogen) atoms. The Balaban J connectivity index is 2.43. The molecule has 0 aromatic carbocycles. The highest BCUT2D eigenvalue weighted by Crippen LogP contribution is 2.25. The quantitative estimate of drug-likeness (QED) is 0.233. The highest BCUT2D eigenvalue weighted by Gasteiger charge is 2.28. The summed E-state index contributed by atoms with van der Waals surface area (Å²) in [6.07, 6.45) is 4.86. The zero-order valence-electron chi connectivity index (χ0n) is 9.89. The minimum absolute atomic E-state index is 0.230. The third-order valence-corrected chi connectivity index (χ3v) is 3.42. The standard InChI is InChI=1S/C11H23N3O2/c1-2-9(6-11(12)14-16)13-10-5-3-4-8(10)7-15/h8-10,13,15-16H,2-7H2,1H3,(H2,12,14). The molecular weight excluding hydrogens is 206 g/mol. The molecule has 5 heteroatoms. The minimum atomic E-state index is 0.230. The second-order valence-corrected chi connectivity index (χ2v) is 4.55. The fourth-order valence-electron chi connectivity index (χ4n) is 2.39. The molecule has 0 saturated heterocycles. The van der Waals surface area contributed by atoms with Gasteiger partial charge in [-0.25, -0.2) is 0 Å². The Bertz CT molecular complexity index is 233. The van der Waals surface area contributed by atoms with E-state index in [0.29, 0.717) is 18.4 Å². The first-order valence-corrected chi connectivity index (χ1v) is 6.04. The van der Waals surface area contributed by atoms with Crippen LogP contribution in [0.3, 0.4) is 0 Å². The van der Waals surface area contributed by atoms with Crippen molar-refractivity contribution in [2.24, 2.45) is 16.8 Å². The molecule has 3 unspecified atom stereocenters.